The molecule has 2 aromatic rings. The number of thioether (sulfide) groups is 1. The molecule has 116 valence electrons. The summed E-state index contributed by atoms with van der Waals surface area (Å²) in [7, 11) is 3.79. The summed E-state index contributed by atoms with van der Waals surface area (Å²) in [6.07, 6.45) is 4.93. The van der Waals surface area contributed by atoms with Gasteiger partial charge in [0.15, 0.2) is 5.16 Å². The van der Waals surface area contributed by atoms with Gasteiger partial charge in [-0.15, -0.1) is 10.2 Å². The van der Waals surface area contributed by atoms with Crippen LogP contribution in [0.4, 0.5) is 0 Å². The number of amides is 1. The van der Waals surface area contributed by atoms with Crippen LogP contribution in [0.3, 0.4) is 0 Å². The summed E-state index contributed by atoms with van der Waals surface area (Å²) in [5, 5.41) is 8.60. The predicted molar refractivity (Wildman–Crippen MR) is 86.6 cm³/mol. The predicted octanol–water partition coefficient (Wildman–Crippen LogP) is 2.44. The van der Waals surface area contributed by atoms with Crippen molar-refractivity contribution in [3.8, 4) is 0 Å². The fraction of sp³-hybridized carbons (Fsp3) is 0.438. The van der Waals surface area contributed by atoms with Gasteiger partial charge >= 0.3 is 0 Å². The first-order valence-electron chi connectivity index (χ1n) is 7.47. The van der Waals surface area contributed by atoms with E-state index in [-0.39, 0.29) is 11.9 Å². The maximum absolute atomic E-state index is 12.5. The number of nitrogens with zero attached hydrogens (tertiary/aromatic N) is 4. The summed E-state index contributed by atoms with van der Waals surface area (Å²) in [6, 6.07) is 8.65. The van der Waals surface area contributed by atoms with Crippen LogP contribution in [-0.4, -0.2) is 38.4 Å². The third-order valence-electron chi connectivity index (χ3n) is 4.19. The molecule has 0 bridgehead atoms. The van der Waals surface area contributed by atoms with Crippen molar-refractivity contribution in [2.75, 3.05) is 12.8 Å². The largest absolute Gasteiger partial charge is 0.338 e. The zero-order valence-electron chi connectivity index (χ0n) is 12.9. The van der Waals surface area contributed by atoms with Crippen LogP contribution in [0.15, 0.2) is 35.7 Å². The van der Waals surface area contributed by atoms with Gasteiger partial charge in [-0.3, -0.25) is 4.79 Å². The first-order chi connectivity index (χ1) is 10.7. The van der Waals surface area contributed by atoms with Gasteiger partial charge in [0, 0.05) is 14.1 Å². The quantitative estimate of drug-likeness (QED) is 0.813. The second kappa shape index (κ2) is 6.52. The molecule has 0 radical (unpaired) electrons. The van der Waals surface area contributed by atoms with E-state index < -0.39 is 0 Å². The van der Waals surface area contributed by atoms with E-state index >= 15 is 0 Å². The van der Waals surface area contributed by atoms with Crippen LogP contribution in [0, 0.1) is 0 Å². The number of hydrogen-bond acceptors (Lipinski definition) is 4. The lowest BCUT2D eigenvalue weighted by molar-refractivity contribution is -0.129. The maximum atomic E-state index is 12.5. The van der Waals surface area contributed by atoms with E-state index in [1.54, 1.807) is 6.33 Å². The maximum Gasteiger partial charge on any atom is 0.233 e. The van der Waals surface area contributed by atoms with Crippen molar-refractivity contribution < 1.29 is 4.79 Å². The Kier molecular flexibility index (Phi) is 4.47. The van der Waals surface area contributed by atoms with Crippen molar-refractivity contribution >= 4 is 17.7 Å². The fourth-order valence-electron chi connectivity index (χ4n) is 2.94. The molecule has 0 saturated heterocycles. The molecule has 1 unspecified atom stereocenters. The molecular formula is C16H20N4OS. The van der Waals surface area contributed by atoms with Crippen LogP contribution >= 0.6 is 11.8 Å². The Bertz CT molecular complexity index is 670. The highest BCUT2D eigenvalue weighted by Gasteiger charge is 2.26. The standard InChI is InChI=1S/C16H20N4OS/c1-19-11-17-18-16(19)22-10-15(21)20(2)14-9-5-7-12-6-3-4-8-13(12)14/h3-4,6,8,11,14H,5,7,9-10H2,1-2H3. The Morgan fingerprint density at radius 2 is 2.27 bits per heavy atom. The number of benzene rings is 1. The van der Waals surface area contributed by atoms with Gasteiger partial charge in [-0.2, -0.15) is 0 Å². The molecule has 1 aromatic heterocycles. The summed E-state index contributed by atoms with van der Waals surface area (Å²) < 4.78 is 1.83. The zero-order chi connectivity index (χ0) is 15.5. The average molecular weight is 316 g/mol. The van der Waals surface area contributed by atoms with Gasteiger partial charge in [-0.25, -0.2) is 0 Å². The molecule has 1 aliphatic rings. The minimum atomic E-state index is 0.134. The van der Waals surface area contributed by atoms with Crippen molar-refractivity contribution in [2.24, 2.45) is 7.05 Å². The van der Waals surface area contributed by atoms with Crippen LogP contribution in [0.5, 0.6) is 0 Å². The molecule has 5 nitrogen and oxygen atoms in total. The molecule has 3 rings (SSSR count). The minimum Gasteiger partial charge on any atom is -0.338 e. The molecular weight excluding hydrogens is 296 g/mol. The molecule has 1 amide bonds. The molecule has 0 saturated carbocycles. The molecule has 22 heavy (non-hydrogen) atoms. The van der Waals surface area contributed by atoms with Crippen molar-refractivity contribution in [3.05, 3.63) is 41.7 Å². The van der Waals surface area contributed by atoms with Gasteiger partial charge in [0.05, 0.1) is 11.8 Å². The van der Waals surface area contributed by atoms with Crippen molar-refractivity contribution in [3.63, 3.8) is 0 Å². The fourth-order valence-corrected chi connectivity index (χ4v) is 3.75. The van der Waals surface area contributed by atoms with E-state index in [0.717, 1.165) is 24.4 Å². The molecule has 1 aliphatic carbocycles. The average Bonchev–Trinajstić information content (AvgIpc) is 2.96. The van der Waals surface area contributed by atoms with Gasteiger partial charge in [0.25, 0.3) is 0 Å². The van der Waals surface area contributed by atoms with Crippen LogP contribution in [-0.2, 0) is 18.3 Å². The molecule has 0 N–H and O–H groups in total. The van der Waals surface area contributed by atoms with Gasteiger partial charge < -0.3 is 9.47 Å². The Morgan fingerprint density at radius 1 is 1.45 bits per heavy atom. The number of aryl methyl sites for hydroxylation is 2. The highest BCUT2D eigenvalue weighted by molar-refractivity contribution is 7.99. The Labute approximate surface area is 134 Å². The third-order valence-corrected chi connectivity index (χ3v) is 5.21. The summed E-state index contributed by atoms with van der Waals surface area (Å²) in [6.45, 7) is 0. The Morgan fingerprint density at radius 3 is 3.05 bits per heavy atom. The SMILES string of the molecule is CN(C(=O)CSc1nncn1C)C1CCCc2ccccc21. The molecule has 0 aliphatic heterocycles. The summed E-state index contributed by atoms with van der Waals surface area (Å²) >= 11 is 1.43. The van der Waals surface area contributed by atoms with E-state index in [2.05, 4.69) is 34.5 Å². The molecule has 1 heterocycles. The highest BCUT2D eigenvalue weighted by atomic mass is 32.2. The van der Waals surface area contributed by atoms with E-state index in [1.165, 1.54) is 22.9 Å². The summed E-state index contributed by atoms with van der Waals surface area (Å²) in [4.78, 5) is 14.4. The van der Waals surface area contributed by atoms with E-state index in [9.17, 15) is 4.79 Å². The summed E-state index contributed by atoms with van der Waals surface area (Å²) in [5.41, 5.74) is 2.67. The Hall–Kier alpha value is -1.82. The molecule has 0 spiro atoms. The second-order valence-electron chi connectivity index (χ2n) is 5.62. The molecule has 0 fully saturated rings. The van der Waals surface area contributed by atoms with Gasteiger partial charge in [-0.1, -0.05) is 36.0 Å². The summed E-state index contributed by atoms with van der Waals surface area (Å²) in [5.74, 6) is 0.525. The van der Waals surface area contributed by atoms with Crippen LogP contribution in [0.25, 0.3) is 0 Å². The van der Waals surface area contributed by atoms with E-state index in [4.69, 9.17) is 0 Å². The second-order valence-corrected chi connectivity index (χ2v) is 6.57. The smallest absolute Gasteiger partial charge is 0.233 e. The Balaban J connectivity index is 1.67. The van der Waals surface area contributed by atoms with E-state index in [1.807, 2.05) is 23.6 Å². The lowest BCUT2D eigenvalue weighted by atomic mass is 9.87. The molecule has 1 atom stereocenters. The van der Waals surface area contributed by atoms with Crippen LogP contribution < -0.4 is 0 Å². The number of aromatic nitrogens is 3. The van der Waals surface area contributed by atoms with Crippen LogP contribution in [0.2, 0.25) is 0 Å². The topological polar surface area (TPSA) is 51.0 Å². The normalized spacial score (nSPS) is 17.1. The van der Waals surface area contributed by atoms with Gasteiger partial charge in [-0.05, 0) is 30.4 Å². The van der Waals surface area contributed by atoms with Crippen molar-refractivity contribution in [1.29, 1.82) is 0 Å². The first kappa shape index (κ1) is 15.1. The first-order valence-corrected chi connectivity index (χ1v) is 8.45. The minimum absolute atomic E-state index is 0.134. The molecule has 1 aromatic carbocycles. The lowest BCUT2D eigenvalue weighted by Crippen LogP contribution is -2.34. The zero-order valence-corrected chi connectivity index (χ0v) is 13.7. The highest BCUT2D eigenvalue weighted by Crippen LogP contribution is 2.33. The number of rotatable bonds is 4. The van der Waals surface area contributed by atoms with Crippen molar-refractivity contribution in [1.82, 2.24) is 19.7 Å². The number of hydrogen-bond donors (Lipinski definition) is 0. The number of carbonyl (C=O) groups excluding carboxylic acids is 1. The number of carbonyl (C=O) groups is 1. The molecule has 6 heteroatoms. The van der Waals surface area contributed by atoms with Gasteiger partial charge in [0.1, 0.15) is 6.33 Å². The monoisotopic (exact) mass is 316 g/mol. The number of fused-ring (bicyclic) bond motifs is 1. The third kappa shape index (κ3) is 3.02. The van der Waals surface area contributed by atoms with E-state index in [0.29, 0.717) is 5.75 Å². The van der Waals surface area contributed by atoms with Gasteiger partial charge in [0.2, 0.25) is 5.91 Å². The lowest BCUT2D eigenvalue weighted by Gasteiger charge is -2.33. The van der Waals surface area contributed by atoms with Crippen LogP contribution in [0.1, 0.15) is 30.0 Å². The van der Waals surface area contributed by atoms with Crippen molar-refractivity contribution in [2.45, 2.75) is 30.5 Å².